The van der Waals surface area contributed by atoms with Gasteiger partial charge in [-0.2, -0.15) is 26.3 Å². The number of amides is 1. The maximum Gasteiger partial charge on any atom is 0.490 e. The number of rotatable bonds is 6. The first-order valence-electron chi connectivity index (χ1n) is 11.5. The van der Waals surface area contributed by atoms with Crippen LogP contribution in [0.4, 0.5) is 26.3 Å². The number of oxazole rings is 1. The van der Waals surface area contributed by atoms with Crippen molar-refractivity contribution in [1.29, 1.82) is 0 Å². The Hall–Kier alpha value is -3.66. The number of nitrogens with zero attached hydrogens (tertiary/aromatic N) is 3. The summed E-state index contributed by atoms with van der Waals surface area (Å²) in [5, 5.41) is 17.2. The van der Waals surface area contributed by atoms with E-state index >= 15 is 0 Å². The molecule has 0 bridgehead atoms. The summed E-state index contributed by atoms with van der Waals surface area (Å²) in [6.45, 7) is 6.13. The first-order valence-corrected chi connectivity index (χ1v) is 11.5. The van der Waals surface area contributed by atoms with Crippen molar-refractivity contribution in [1.82, 2.24) is 20.1 Å². The monoisotopic (exact) mass is 568 g/mol. The number of carbonyl (C=O) groups excluding carboxylic acids is 1. The Morgan fingerprint density at radius 2 is 1.44 bits per heavy atom. The fourth-order valence-corrected chi connectivity index (χ4v) is 3.56. The Balaban J connectivity index is 0.000000317. The van der Waals surface area contributed by atoms with Crippen LogP contribution >= 0.6 is 0 Å². The molecule has 0 aliphatic carbocycles. The van der Waals surface area contributed by atoms with Crippen LogP contribution in [0.15, 0.2) is 34.7 Å². The van der Waals surface area contributed by atoms with E-state index in [1.165, 1.54) is 18.4 Å². The fraction of sp³-hybridized carbons (Fsp3) is 0.478. The standard InChI is InChI=1S/C19H24N4O2.2C2HF3O2/c24-18(20-8-11-22-9-4-5-10-22)19-21-16-13-23(14-17(16)25-19)12-15-6-2-1-3-7-15;2*3-2(4,5)1(6)7/h1-3,6-7H,4-5,8-14H2,(H,20,24);2*(H,6,7). The summed E-state index contributed by atoms with van der Waals surface area (Å²) in [7, 11) is 0. The summed E-state index contributed by atoms with van der Waals surface area (Å²) in [6, 6.07) is 10.4. The molecule has 10 nitrogen and oxygen atoms in total. The van der Waals surface area contributed by atoms with Gasteiger partial charge >= 0.3 is 30.2 Å². The Bertz CT molecular complexity index is 1050. The molecule has 3 heterocycles. The zero-order valence-corrected chi connectivity index (χ0v) is 20.4. The Morgan fingerprint density at radius 1 is 0.897 bits per heavy atom. The summed E-state index contributed by atoms with van der Waals surface area (Å²) in [6.07, 6.45) is -7.64. The Kier molecular flexibility index (Phi) is 11.3. The van der Waals surface area contributed by atoms with Gasteiger partial charge in [-0.25, -0.2) is 14.6 Å². The van der Waals surface area contributed by atoms with Crippen molar-refractivity contribution in [2.75, 3.05) is 26.2 Å². The molecule has 216 valence electrons. The second-order valence-electron chi connectivity index (χ2n) is 8.43. The number of carboxylic acid groups (broad SMARTS) is 2. The van der Waals surface area contributed by atoms with Crippen LogP contribution in [0.5, 0.6) is 0 Å². The molecule has 0 atom stereocenters. The van der Waals surface area contributed by atoms with Crippen LogP contribution in [0.25, 0.3) is 0 Å². The largest absolute Gasteiger partial charge is 0.490 e. The van der Waals surface area contributed by atoms with E-state index in [9.17, 15) is 31.1 Å². The van der Waals surface area contributed by atoms with Gasteiger partial charge in [0, 0.05) is 26.2 Å². The van der Waals surface area contributed by atoms with Crippen molar-refractivity contribution in [3.8, 4) is 0 Å². The third kappa shape index (κ3) is 10.9. The lowest BCUT2D eigenvalue weighted by Gasteiger charge is -2.14. The summed E-state index contributed by atoms with van der Waals surface area (Å²) in [5.74, 6) is -4.70. The zero-order chi connectivity index (χ0) is 29.2. The SMILES string of the molecule is O=C(NCCN1CCCC1)c1nc2c(o1)CN(Cc1ccccc1)C2.O=C(O)C(F)(F)F.O=C(O)C(F)(F)F. The van der Waals surface area contributed by atoms with E-state index in [1.54, 1.807) is 0 Å². The van der Waals surface area contributed by atoms with Gasteiger partial charge in [-0.15, -0.1) is 0 Å². The van der Waals surface area contributed by atoms with E-state index in [4.69, 9.17) is 24.2 Å². The average Bonchev–Trinajstić information content (AvgIpc) is 3.56. The molecule has 39 heavy (non-hydrogen) atoms. The lowest BCUT2D eigenvalue weighted by atomic mass is 10.2. The number of aromatic nitrogens is 1. The van der Waals surface area contributed by atoms with Crippen LogP contribution in [-0.4, -0.2) is 81.4 Å². The minimum atomic E-state index is -5.08. The van der Waals surface area contributed by atoms with E-state index in [-0.39, 0.29) is 11.8 Å². The number of carbonyl (C=O) groups is 3. The Labute approximate surface area is 218 Å². The van der Waals surface area contributed by atoms with Crippen LogP contribution in [0, 0.1) is 0 Å². The molecule has 0 unspecified atom stereocenters. The minimum Gasteiger partial charge on any atom is -0.475 e. The van der Waals surface area contributed by atoms with E-state index in [0.29, 0.717) is 13.1 Å². The van der Waals surface area contributed by atoms with Gasteiger partial charge in [0.15, 0.2) is 0 Å². The van der Waals surface area contributed by atoms with E-state index < -0.39 is 24.3 Å². The molecule has 2 aromatic rings. The molecule has 2 aliphatic rings. The molecule has 0 saturated carbocycles. The molecule has 2 aliphatic heterocycles. The summed E-state index contributed by atoms with van der Waals surface area (Å²) >= 11 is 0. The van der Waals surface area contributed by atoms with Crippen LogP contribution in [-0.2, 0) is 29.2 Å². The first-order chi connectivity index (χ1) is 18.2. The normalized spacial score (nSPS) is 15.4. The molecule has 4 rings (SSSR count). The number of benzene rings is 1. The van der Waals surface area contributed by atoms with E-state index in [2.05, 4.69) is 32.2 Å². The number of alkyl halides is 6. The zero-order valence-electron chi connectivity index (χ0n) is 20.4. The van der Waals surface area contributed by atoms with Crippen molar-refractivity contribution in [2.45, 2.75) is 44.8 Å². The molecule has 0 radical (unpaired) electrons. The fourth-order valence-electron chi connectivity index (χ4n) is 3.56. The summed E-state index contributed by atoms with van der Waals surface area (Å²) < 4.78 is 69.2. The van der Waals surface area contributed by atoms with Crippen molar-refractivity contribution >= 4 is 17.8 Å². The van der Waals surface area contributed by atoms with E-state index in [0.717, 1.165) is 44.2 Å². The van der Waals surface area contributed by atoms with Crippen LogP contribution in [0.1, 0.15) is 40.5 Å². The molecular weight excluding hydrogens is 542 g/mol. The van der Waals surface area contributed by atoms with Crippen LogP contribution in [0.3, 0.4) is 0 Å². The molecule has 3 N–H and O–H groups in total. The average molecular weight is 568 g/mol. The number of carboxylic acids is 2. The lowest BCUT2D eigenvalue weighted by Crippen LogP contribution is -2.33. The van der Waals surface area contributed by atoms with Crippen LogP contribution < -0.4 is 5.32 Å². The van der Waals surface area contributed by atoms with Gasteiger partial charge < -0.3 is 24.8 Å². The third-order valence-corrected chi connectivity index (χ3v) is 5.36. The molecular formula is C23H26F6N4O6. The van der Waals surface area contributed by atoms with Crippen LogP contribution in [0.2, 0.25) is 0 Å². The Morgan fingerprint density at radius 3 is 1.92 bits per heavy atom. The second-order valence-corrected chi connectivity index (χ2v) is 8.43. The van der Waals surface area contributed by atoms with Gasteiger partial charge in [-0.3, -0.25) is 9.69 Å². The molecule has 1 saturated heterocycles. The van der Waals surface area contributed by atoms with Gasteiger partial charge in [0.2, 0.25) is 0 Å². The van der Waals surface area contributed by atoms with Gasteiger partial charge in [0.25, 0.3) is 5.89 Å². The van der Waals surface area contributed by atoms with Crippen molar-refractivity contribution < 1.29 is 55.4 Å². The highest BCUT2D eigenvalue weighted by atomic mass is 19.4. The number of likely N-dealkylation sites (tertiary alicyclic amines) is 1. The minimum absolute atomic E-state index is 0.200. The number of hydrogen-bond acceptors (Lipinski definition) is 7. The summed E-state index contributed by atoms with van der Waals surface area (Å²) in [4.78, 5) is 39.0. The number of aliphatic carboxylic acids is 2. The topological polar surface area (TPSA) is 136 Å². The van der Waals surface area contributed by atoms with Gasteiger partial charge in [0.1, 0.15) is 5.76 Å². The molecule has 1 fully saturated rings. The van der Waals surface area contributed by atoms with Crippen molar-refractivity contribution in [3.63, 3.8) is 0 Å². The molecule has 1 amide bonds. The first kappa shape index (κ1) is 31.6. The van der Waals surface area contributed by atoms with Gasteiger partial charge in [0.05, 0.1) is 12.2 Å². The maximum atomic E-state index is 12.2. The van der Waals surface area contributed by atoms with Crippen molar-refractivity contribution in [3.05, 3.63) is 53.2 Å². The molecule has 1 aromatic heterocycles. The highest BCUT2D eigenvalue weighted by Gasteiger charge is 2.38. The molecule has 0 spiro atoms. The lowest BCUT2D eigenvalue weighted by molar-refractivity contribution is -0.193. The van der Waals surface area contributed by atoms with Crippen molar-refractivity contribution in [2.24, 2.45) is 0 Å². The predicted molar refractivity (Wildman–Crippen MR) is 121 cm³/mol. The highest BCUT2D eigenvalue weighted by molar-refractivity contribution is 5.89. The number of nitrogens with one attached hydrogen (secondary N) is 1. The maximum absolute atomic E-state index is 12.2. The number of halogens is 6. The summed E-state index contributed by atoms with van der Waals surface area (Å²) in [5.41, 5.74) is 2.16. The molecule has 16 heteroatoms. The number of hydrogen-bond donors (Lipinski definition) is 3. The molecule has 1 aromatic carbocycles. The quantitative estimate of drug-likeness (QED) is 0.449. The number of fused-ring (bicyclic) bond motifs is 1. The van der Waals surface area contributed by atoms with Gasteiger partial charge in [-0.05, 0) is 31.5 Å². The smallest absolute Gasteiger partial charge is 0.475 e. The predicted octanol–water partition coefficient (Wildman–Crippen LogP) is 3.28. The van der Waals surface area contributed by atoms with Gasteiger partial charge in [-0.1, -0.05) is 30.3 Å². The van der Waals surface area contributed by atoms with E-state index in [1.807, 2.05) is 18.2 Å². The highest BCUT2D eigenvalue weighted by Crippen LogP contribution is 2.25. The second kappa shape index (κ2) is 13.9. The third-order valence-electron chi connectivity index (χ3n) is 5.36.